The third-order valence-electron chi connectivity index (χ3n) is 22.1. The highest BCUT2D eigenvalue weighted by Gasteiger charge is 2.63. The molecule has 0 heterocycles. The predicted octanol–water partition coefficient (Wildman–Crippen LogP) is 11.0. The van der Waals surface area contributed by atoms with Crippen LogP contribution in [0, 0.1) is 92.7 Å². The number of likely N-dealkylation sites (N-methyl/N-ethyl adjacent to an activating group) is 2. The molecule has 11 nitrogen and oxygen atoms in total. The lowest BCUT2D eigenvalue weighted by Crippen LogP contribution is -2.56. The maximum atomic E-state index is 13.6. The smallest absolute Gasteiger partial charge is 0.453 e. The number of Topliss-reactive ketones (excluding diaryl/α,β-unsaturated/α-hetero) is 2. The molecule has 360 valence electrons. The second-order valence-corrected chi connectivity index (χ2v) is 24.1. The van der Waals surface area contributed by atoms with Gasteiger partial charge in [0.1, 0.15) is 24.8 Å². The highest BCUT2D eigenvalue weighted by atomic mass is 16.7. The standard InChI is InChI=1S/C53H84N2O9/c1-31(56)39-15-17-41-37-13-11-35-27-33(19-23-50(35,3)43(37)21-25-52(39,41)5)45(54(7)47(58)61-9)29-63-49(60)64-30-46(55(8)48(59)62-10)34-20-24-51(4)36(28-34)12-14-38-42-18-16-40(32(2)57)53(42,6)26-22-44(38)51/h33-46H,11-30H2,1-10H3/t33-,34-,35+,36+,37+,38+,39-,40-,41+,42+,43+,44+,45?,46?,50+,51+,52-,53-/m1/s1. The molecule has 8 aliphatic carbocycles. The van der Waals surface area contributed by atoms with Gasteiger partial charge in [0.15, 0.2) is 0 Å². The molecule has 11 heteroatoms. The number of hydrogen-bond donors (Lipinski definition) is 0. The molecule has 0 saturated heterocycles. The Morgan fingerprint density at radius 2 is 0.859 bits per heavy atom. The summed E-state index contributed by atoms with van der Waals surface area (Å²) in [6.07, 6.45) is 18.1. The maximum Gasteiger partial charge on any atom is 0.508 e. The Hall–Kier alpha value is -2.85. The molecule has 0 aromatic carbocycles. The number of ether oxygens (including phenoxy) is 4. The third-order valence-corrected chi connectivity index (χ3v) is 22.1. The average Bonchev–Trinajstić information content (AvgIpc) is 3.83. The van der Waals surface area contributed by atoms with Crippen molar-refractivity contribution >= 4 is 29.9 Å². The summed E-state index contributed by atoms with van der Waals surface area (Å²) in [6, 6.07) is -0.726. The lowest BCUT2D eigenvalue weighted by molar-refractivity contribution is -0.137. The van der Waals surface area contributed by atoms with E-state index in [1.807, 2.05) is 0 Å². The van der Waals surface area contributed by atoms with E-state index in [0.29, 0.717) is 58.9 Å². The molecular formula is C53H84N2O9. The van der Waals surface area contributed by atoms with E-state index >= 15 is 0 Å². The summed E-state index contributed by atoms with van der Waals surface area (Å²) in [7, 11) is 6.28. The summed E-state index contributed by atoms with van der Waals surface area (Å²) < 4.78 is 22.3. The largest absolute Gasteiger partial charge is 0.508 e. The number of amides is 2. The Morgan fingerprint density at radius 1 is 0.500 bits per heavy atom. The van der Waals surface area contributed by atoms with E-state index < -0.39 is 18.3 Å². The van der Waals surface area contributed by atoms with Crippen molar-refractivity contribution in [2.24, 2.45) is 92.7 Å². The lowest BCUT2D eigenvalue weighted by Gasteiger charge is -2.61. The Labute approximate surface area is 384 Å². The zero-order valence-electron chi connectivity index (χ0n) is 41.3. The van der Waals surface area contributed by atoms with Crippen molar-refractivity contribution < 1.29 is 42.9 Å². The molecule has 8 fully saturated rings. The highest BCUT2D eigenvalue weighted by molar-refractivity contribution is 5.80. The van der Waals surface area contributed by atoms with Gasteiger partial charge in [-0.05, 0) is 210 Å². The van der Waals surface area contributed by atoms with E-state index in [0.717, 1.165) is 77.0 Å². The average molecular weight is 893 g/mol. The molecular weight excluding hydrogens is 809 g/mol. The number of carbonyl (C=O) groups excluding carboxylic acids is 5. The summed E-state index contributed by atoms with van der Waals surface area (Å²) in [6.45, 7) is 13.5. The van der Waals surface area contributed by atoms with E-state index in [1.54, 1.807) is 37.7 Å². The Balaban J connectivity index is 0.896. The maximum absolute atomic E-state index is 13.6. The van der Waals surface area contributed by atoms with E-state index in [9.17, 15) is 24.0 Å². The van der Waals surface area contributed by atoms with Crippen molar-refractivity contribution in [1.82, 2.24) is 9.80 Å². The van der Waals surface area contributed by atoms with E-state index in [1.165, 1.54) is 52.7 Å². The second-order valence-electron chi connectivity index (χ2n) is 24.1. The fourth-order valence-corrected chi connectivity index (χ4v) is 18.7. The number of methoxy groups -OCH3 is 2. The molecule has 0 spiro atoms. The molecule has 8 saturated carbocycles. The number of rotatable bonds is 10. The third kappa shape index (κ3) is 7.90. The predicted molar refractivity (Wildman–Crippen MR) is 244 cm³/mol. The zero-order valence-corrected chi connectivity index (χ0v) is 41.3. The fraction of sp³-hybridized carbons (Fsp3) is 0.906. The van der Waals surface area contributed by atoms with Crippen LogP contribution in [0.2, 0.25) is 0 Å². The molecule has 2 unspecified atom stereocenters. The van der Waals surface area contributed by atoms with Crippen LogP contribution in [0.15, 0.2) is 0 Å². The molecule has 2 amide bonds. The monoisotopic (exact) mass is 893 g/mol. The van der Waals surface area contributed by atoms with Crippen LogP contribution in [-0.4, -0.2) is 93.3 Å². The quantitative estimate of drug-likeness (QED) is 0.155. The first-order chi connectivity index (χ1) is 30.3. The van der Waals surface area contributed by atoms with Crippen LogP contribution >= 0.6 is 0 Å². The number of hydrogen-bond acceptors (Lipinski definition) is 9. The van der Waals surface area contributed by atoms with E-state index in [-0.39, 0.29) is 70.6 Å². The lowest BCUT2D eigenvalue weighted by atomic mass is 9.44. The van der Waals surface area contributed by atoms with Crippen molar-refractivity contribution in [1.29, 1.82) is 0 Å². The summed E-state index contributed by atoms with van der Waals surface area (Å²) in [5, 5.41) is 0. The van der Waals surface area contributed by atoms with Crippen LogP contribution in [0.5, 0.6) is 0 Å². The highest BCUT2D eigenvalue weighted by Crippen LogP contribution is 2.70. The molecule has 0 radical (unpaired) electrons. The number of fused-ring (bicyclic) bond motifs is 10. The van der Waals surface area contributed by atoms with Gasteiger partial charge in [0, 0.05) is 25.9 Å². The number of ketones is 2. The molecule has 0 aromatic rings. The first-order valence-electron chi connectivity index (χ1n) is 25.7. The van der Waals surface area contributed by atoms with Gasteiger partial charge in [0.2, 0.25) is 0 Å². The fourth-order valence-electron chi connectivity index (χ4n) is 18.7. The molecule has 0 aliphatic heterocycles. The van der Waals surface area contributed by atoms with Crippen LogP contribution < -0.4 is 0 Å². The van der Waals surface area contributed by atoms with Gasteiger partial charge in [0.25, 0.3) is 0 Å². The van der Waals surface area contributed by atoms with E-state index in [2.05, 4.69) is 27.7 Å². The van der Waals surface area contributed by atoms with Crippen LogP contribution in [-0.2, 0) is 28.5 Å². The molecule has 64 heavy (non-hydrogen) atoms. The summed E-state index contributed by atoms with van der Waals surface area (Å²) >= 11 is 0. The van der Waals surface area contributed by atoms with Crippen LogP contribution in [0.4, 0.5) is 14.4 Å². The zero-order chi connectivity index (χ0) is 46.1. The first kappa shape index (κ1) is 47.6. The van der Waals surface area contributed by atoms with Crippen molar-refractivity contribution in [2.75, 3.05) is 41.5 Å². The minimum absolute atomic E-state index is 0.00851. The van der Waals surface area contributed by atoms with Crippen LogP contribution in [0.3, 0.4) is 0 Å². The molecule has 0 N–H and O–H groups in total. The number of nitrogens with zero attached hydrogens (tertiary/aromatic N) is 2. The van der Waals surface area contributed by atoms with Gasteiger partial charge in [-0.3, -0.25) is 9.59 Å². The number of carbonyl (C=O) groups is 5. The second kappa shape index (κ2) is 18.0. The van der Waals surface area contributed by atoms with E-state index in [4.69, 9.17) is 18.9 Å². The van der Waals surface area contributed by atoms with Crippen molar-refractivity contribution in [3.05, 3.63) is 0 Å². The first-order valence-corrected chi connectivity index (χ1v) is 25.7. The Bertz CT molecular complexity index is 1660. The normalized spacial score (nSPS) is 44.2. The molecule has 8 rings (SSSR count). The minimum Gasteiger partial charge on any atom is -0.453 e. The minimum atomic E-state index is -0.787. The van der Waals surface area contributed by atoms with Crippen molar-refractivity contribution in [3.8, 4) is 0 Å². The molecule has 8 aliphatic rings. The molecule has 0 aromatic heterocycles. The van der Waals surface area contributed by atoms with Crippen LogP contribution in [0.25, 0.3) is 0 Å². The van der Waals surface area contributed by atoms with Crippen molar-refractivity contribution in [3.63, 3.8) is 0 Å². The Morgan fingerprint density at radius 3 is 1.22 bits per heavy atom. The Kier molecular flexibility index (Phi) is 13.4. The summed E-state index contributed by atoms with van der Waals surface area (Å²) in [5.41, 5.74) is 0.702. The van der Waals surface area contributed by atoms with Crippen molar-refractivity contribution in [2.45, 2.75) is 169 Å². The van der Waals surface area contributed by atoms with Gasteiger partial charge in [-0.15, -0.1) is 0 Å². The van der Waals surface area contributed by atoms with Gasteiger partial charge in [-0.1, -0.05) is 27.7 Å². The summed E-state index contributed by atoms with van der Waals surface area (Å²) in [5.74, 6) is 6.39. The molecule has 18 atom stereocenters. The molecule has 0 bridgehead atoms. The SMILES string of the molecule is COC(=O)N(C)C(COC(=O)OCC([C@@H]1CC[C@@]2(C)[C@@H](CC[C@@H]3[C@@H]2CC[C@]2(C)[C@@H](C(C)=O)CC[C@@H]32)C1)N(C)C(=O)OC)[C@@H]1CC[C@@]2(C)[C@@H](CC[C@@H]3[C@@H]2CC[C@]2(C)[C@@H](C(C)=O)CC[C@@H]32)C1. The van der Waals surface area contributed by atoms with Gasteiger partial charge >= 0.3 is 18.3 Å². The van der Waals surface area contributed by atoms with Gasteiger partial charge in [-0.2, -0.15) is 0 Å². The van der Waals surface area contributed by atoms with Gasteiger partial charge in [0.05, 0.1) is 26.3 Å². The summed E-state index contributed by atoms with van der Waals surface area (Å²) in [4.78, 5) is 68.4. The topological polar surface area (TPSA) is 129 Å². The van der Waals surface area contributed by atoms with Crippen LogP contribution in [0.1, 0.15) is 157 Å². The van der Waals surface area contributed by atoms with Gasteiger partial charge < -0.3 is 28.7 Å². The van der Waals surface area contributed by atoms with Gasteiger partial charge in [-0.25, -0.2) is 14.4 Å².